The molecule has 0 heterocycles. The van der Waals surface area contributed by atoms with Gasteiger partial charge in [0.15, 0.2) is 0 Å². The van der Waals surface area contributed by atoms with Gasteiger partial charge in [-0.05, 0) is 42.8 Å². The Hall–Kier alpha value is -1.66. The van der Waals surface area contributed by atoms with Crippen molar-refractivity contribution in [2.45, 2.75) is 39.3 Å². The summed E-state index contributed by atoms with van der Waals surface area (Å²) < 4.78 is 0. The van der Waals surface area contributed by atoms with Gasteiger partial charge in [-0.1, -0.05) is 58.3 Å². The maximum atomic E-state index is 10.5. The van der Waals surface area contributed by atoms with Crippen LogP contribution in [0.4, 0.5) is 0 Å². The van der Waals surface area contributed by atoms with Crippen molar-refractivity contribution in [1.82, 2.24) is 0 Å². The molecular formula is C20H26NOP. The monoisotopic (exact) mass is 327 g/mol. The van der Waals surface area contributed by atoms with E-state index < -0.39 is 0 Å². The van der Waals surface area contributed by atoms with E-state index in [0.717, 1.165) is 17.5 Å². The quantitative estimate of drug-likeness (QED) is 0.627. The zero-order chi connectivity index (χ0) is 17.0. The first-order valence-electron chi connectivity index (χ1n) is 8.01. The van der Waals surface area contributed by atoms with Gasteiger partial charge in [-0.15, -0.1) is 0 Å². The van der Waals surface area contributed by atoms with Crippen molar-refractivity contribution in [2.75, 3.05) is 7.05 Å². The second-order valence-corrected chi connectivity index (χ2v) is 8.15. The van der Waals surface area contributed by atoms with Gasteiger partial charge in [0.25, 0.3) is 0 Å². The van der Waals surface area contributed by atoms with Crippen LogP contribution in [-0.4, -0.2) is 18.4 Å². The molecule has 1 N–H and O–H groups in total. The molecule has 0 aliphatic carbocycles. The van der Waals surface area contributed by atoms with Crippen molar-refractivity contribution >= 4 is 20.1 Å². The number of aliphatic imine (C=N–C) groups is 1. The van der Waals surface area contributed by atoms with E-state index in [9.17, 15) is 5.11 Å². The van der Waals surface area contributed by atoms with Crippen molar-refractivity contribution in [1.29, 1.82) is 0 Å². The second kappa shape index (κ2) is 7.27. The summed E-state index contributed by atoms with van der Waals surface area (Å²) in [6.07, 6.45) is 2.90. The van der Waals surface area contributed by atoms with E-state index in [0.29, 0.717) is 14.3 Å². The number of phenols is 1. The van der Waals surface area contributed by atoms with Crippen LogP contribution in [0.15, 0.2) is 41.4 Å². The molecule has 0 amide bonds. The van der Waals surface area contributed by atoms with Crippen LogP contribution in [0, 0.1) is 13.8 Å². The molecule has 0 fully saturated rings. The van der Waals surface area contributed by atoms with Gasteiger partial charge in [-0.2, -0.15) is 0 Å². The fourth-order valence-corrected chi connectivity index (χ4v) is 4.34. The molecule has 2 aromatic rings. The van der Waals surface area contributed by atoms with Crippen LogP contribution < -0.4 is 5.30 Å². The van der Waals surface area contributed by atoms with Crippen LogP contribution in [0.1, 0.15) is 42.5 Å². The summed E-state index contributed by atoms with van der Waals surface area (Å²) >= 11 is 0. The molecule has 23 heavy (non-hydrogen) atoms. The van der Waals surface area contributed by atoms with Gasteiger partial charge in [0.1, 0.15) is 5.75 Å². The van der Waals surface area contributed by atoms with Crippen molar-refractivity contribution in [3.05, 3.63) is 58.7 Å². The number of aryl methyl sites for hydroxylation is 2. The molecule has 0 saturated heterocycles. The van der Waals surface area contributed by atoms with Gasteiger partial charge in [-0.3, -0.25) is 4.99 Å². The van der Waals surface area contributed by atoms with Crippen molar-refractivity contribution in [3.8, 4) is 5.75 Å². The fourth-order valence-electron chi connectivity index (χ4n) is 2.79. The standard InChI is InChI=1S/C20H26NOP/c1-6-20(4,17-9-7-8-15(3)19(17)22)23-18-11-10-14(2)12-16(18)13-21-5/h7-13,22-23H,6H2,1-5H3. The topological polar surface area (TPSA) is 32.6 Å². The molecule has 2 atom stereocenters. The summed E-state index contributed by atoms with van der Waals surface area (Å²) in [6, 6.07) is 12.6. The number of hydrogen-bond acceptors (Lipinski definition) is 2. The number of aromatic hydroxyl groups is 1. The number of phenolic OH excluding ortho intramolecular Hbond substituents is 1. The van der Waals surface area contributed by atoms with Gasteiger partial charge in [0, 0.05) is 24.0 Å². The summed E-state index contributed by atoms with van der Waals surface area (Å²) in [5, 5.41) is 11.8. The average molecular weight is 327 g/mol. The smallest absolute Gasteiger partial charge is 0.122 e. The molecule has 2 aromatic carbocycles. The van der Waals surface area contributed by atoms with Crippen molar-refractivity contribution in [3.63, 3.8) is 0 Å². The molecule has 0 aromatic heterocycles. The summed E-state index contributed by atoms with van der Waals surface area (Å²) in [7, 11) is 2.38. The van der Waals surface area contributed by atoms with E-state index in [-0.39, 0.29) is 5.16 Å². The van der Waals surface area contributed by atoms with Crippen LogP contribution in [0.25, 0.3) is 0 Å². The molecule has 2 rings (SSSR count). The van der Waals surface area contributed by atoms with E-state index in [1.807, 2.05) is 25.3 Å². The first-order valence-corrected chi connectivity index (χ1v) is 9.01. The molecule has 2 nitrogen and oxygen atoms in total. The summed E-state index contributed by atoms with van der Waals surface area (Å²) in [5.74, 6) is 0.433. The molecule has 0 radical (unpaired) electrons. The maximum absolute atomic E-state index is 10.5. The number of rotatable bonds is 5. The summed E-state index contributed by atoms with van der Waals surface area (Å²) in [5.41, 5.74) is 4.40. The van der Waals surface area contributed by atoms with Crippen LogP contribution >= 0.6 is 8.58 Å². The van der Waals surface area contributed by atoms with E-state index in [2.05, 4.69) is 50.0 Å². The Morgan fingerprint density at radius 2 is 1.96 bits per heavy atom. The minimum Gasteiger partial charge on any atom is -0.507 e. The number of para-hydroxylation sites is 1. The Labute approximate surface area is 141 Å². The predicted molar refractivity (Wildman–Crippen MR) is 103 cm³/mol. The van der Waals surface area contributed by atoms with E-state index in [4.69, 9.17) is 0 Å². The maximum Gasteiger partial charge on any atom is 0.122 e. The van der Waals surface area contributed by atoms with E-state index in [1.54, 1.807) is 7.05 Å². The van der Waals surface area contributed by atoms with E-state index in [1.165, 1.54) is 16.4 Å². The third kappa shape index (κ3) is 3.82. The second-order valence-electron chi connectivity index (χ2n) is 6.26. The zero-order valence-corrected chi connectivity index (χ0v) is 15.6. The summed E-state index contributed by atoms with van der Waals surface area (Å²) in [4.78, 5) is 4.20. The van der Waals surface area contributed by atoms with Gasteiger partial charge in [-0.25, -0.2) is 0 Å². The highest BCUT2D eigenvalue weighted by atomic mass is 31.1. The lowest BCUT2D eigenvalue weighted by atomic mass is 9.94. The molecule has 2 unspecified atom stereocenters. The van der Waals surface area contributed by atoms with Crippen molar-refractivity contribution < 1.29 is 5.11 Å². The van der Waals surface area contributed by atoms with Gasteiger partial charge < -0.3 is 5.11 Å². The Balaban J connectivity index is 2.49. The van der Waals surface area contributed by atoms with E-state index >= 15 is 0 Å². The molecule has 3 heteroatoms. The zero-order valence-electron chi connectivity index (χ0n) is 14.6. The minimum absolute atomic E-state index is 0.0817. The van der Waals surface area contributed by atoms with Gasteiger partial charge >= 0.3 is 0 Å². The molecule has 0 saturated carbocycles. The summed E-state index contributed by atoms with van der Waals surface area (Å²) in [6.45, 7) is 8.49. The highest BCUT2D eigenvalue weighted by Crippen LogP contribution is 2.47. The first kappa shape index (κ1) is 17.7. The minimum atomic E-state index is -0.0817. The van der Waals surface area contributed by atoms with Crippen molar-refractivity contribution in [2.24, 2.45) is 4.99 Å². The van der Waals surface area contributed by atoms with Crippen LogP contribution in [0.2, 0.25) is 0 Å². The Kier molecular flexibility index (Phi) is 5.59. The third-order valence-electron chi connectivity index (χ3n) is 4.43. The molecule has 0 spiro atoms. The molecule has 0 aliphatic rings. The number of nitrogens with zero attached hydrogens (tertiary/aromatic N) is 1. The predicted octanol–water partition coefficient (Wildman–Crippen LogP) is 4.69. The average Bonchev–Trinajstić information content (AvgIpc) is 2.53. The Morgan fingerprint density at radius 3 is 2.61 bits per heavy atom. The fraction of sp³-hybridized carbons (Fsp3) is 0.350. The molecule has 122 valence electrons. The SMILES string of the molecule is CCC(C)(Pc1ccc(C)cc1C=NC)c1cccc(C)c1O. The van der Waals surface area contributed by atoms with Crippen LogP contribution in [0.3, 0.4) is 0 Å². The third-order valence-corrected chi connectivity index (χ3v) is 6.32. The Bertz CT molecular complexity index is 724. The lowest BCUT2D eigenvalue weighted by Crippen LogP contribution is -2.20. The Morgan fingerprint density at radius 1 is 1.22 bits per heavy atom. The van der Waals surface area contributed by atoms with Crippen LogP contribution in [0.5, 0.6) is 5.75 Å². The highest BCUT2D eigenvalue weighted by molar-refractivity contribution is 7.48. The number of hydrogen-bond donors (Lipinski definition) is 1. The highest BCUT2D eigenvalue weighted by Gasteiger charge is 2.29. The van der Waals surface area contributed by atoms with Gasteiger partial charge in [0.05, 0.1) is 0 Å². The lowest BCUT2D eigenvalue weighted by Gasteiger charge is -2.31. The molecular weight excluding hydrogens is 301 g/mol. The molecule has 0 bridgehead atoms. The molecule has 0 aliphatic heterocycles. The number of benzene rings is 2. The lowest BCUT2D eigenvalue weighted by molar-refractivity contribution is 0.452. The normalized spacial score (nSPS) is 14.7. The van der Waals surface area contributed by atoms with Gasteiger partial charge in [0.2, 0.25) is 0 Å². The largest absolute Gasteiger partial charge is 0.507 e. The van der Waals surface area contributed by atoms with Crippen LogP contribution in [-0.2, 0) is 5.16 Å². The first-order chi connectivity index (χ1) is 10.9.